The van der Waals surface area contributed by atoms with E-state index in [0.717, 1.165) is 19.4 Å². The van der Waals surface area contributed by atoms with Gasteiger partial charge in [-0.25, -0.2) is 0 Å². The number of nitrogens with one attached hydrogen (secondary N) is 2. The monoisotopic (exact) mass is 263 g/mol. The number of hydrogen-bond acceptors (Lipinski definition) is 5. The highest BCUT2D eigenvalue weighted by atomic mass is 35.5. The number of anilines is 1. The Morgan fingerprint density at radius 2 is 1.81 bits per heavy atom. The molecule has 0 aromatic carbocycles. The maximum atomic E-state index is 5.68. The van der Waals surface area contributed by atoms with Crippen molar-refractivity contribution in [3.63, 3.8) is 0 Å². The Hall–Kier alpha value is -0.650. The number of rotatable bonds is 6. The highest BCUT2D eigenvalue weighted by molar-refractivity contribution is 6.31. The lowest BCUT2D eigenvalue weighted by Crippen LogP contribution is -2.24. The SMILES string of the molecule is CCC(CCNC)Nc1nc(Cl)nc(Cl)n1. The first-order valence-corrected chi connectivity index (χ1v) is 5.89. The van der Waals surface area contributed by atoms with Gasteiger partial charge in [-0.1, -0.05) is 6.92 Å². The van der Waals surface area contributed by atoms with Gasteiger partial charge >= 0.3 is 0 Å². The fourth-order valence-electron chi connectivity index (χ4n) is 1.27. The van der Waals surface area contributed by atoms with Crippen LogP contribution in [0.15, 0.2) is 0 Å². The average Bonchev–Trinajstić information content (AvgIpc) is 2.22. The van der Waals surface area contributed by atoms with Crippen LogP contribution in [-0.4, -0.2) is 34.6 Å². The fraction of sp³-hybridized carbons (Fsp3) is 0.667. The molecule has 7 heteroatoms. The Morgan fingerprint density at radius 3 is 2.31 bits per heavy atom. The molecule has 1 aromatic rings. The van der Waals surface area contributed by atoms with Crippen molar-refractivity contribution in [2.45, 2.75) is 25.8 Å². The quantitative estimate of drug-likeness (QED) is 0.822. The van der Waals surface area contributed by atoms with Crippen molar-refractivity contribution in [3.05, 3.63) is 10.6 Å². The lowest BCUT2D eigenvalue weighted by Gasteiger charge is -2.16. The molecule has 2 N–H and O–H groups in total. The summed E-state index contributed by atoms with van der Waals surface area (Å²) >= 11 is 11.4. The van der Waals surface area contributed by atoms with E-state index in [4.69, 9.17) is 23.2 Å². The molecule has 0 radical (unpaired) electrons. The summed E-state index contributed by atoms with van der Waals surface area (Å²) in [4.78, 5) is 11.6. The molecule has 0 aliphatic carbocycles. The average molecular weight is 264 g/mol. The van der Waals surface area contributed by atoms with Crippen LogP contribution in [0, 0.1) is 0 Å². The first kappa shape index (κ1) is 13.4. The van der Waals surface area contributed by atoms with Crippen LogP contribution in [-0.2, 0) is 0 Å². The van der Waals surface area contributed by atoms with Crippen molar-refractivity contribution >= 4 is 29.2 Å². The smallest absolute Gasteiger partial charge is 0.228 e. The molecule has 1 atom stereocenters. The summed E-state index contributed by atoms with van der Waals surface area (Å²) < 4.78 is 0. The maximum absolute atomic E-state index is 5.68. The van der Waals surface area contributed by atoms with Crippen molar-refractivity contribution in [2.24, 2.45) is 0 Å². The summed E-state index contributed by atoms with van der Waals surface area (Å²) in [5.41, 5.74) is 0. The summed E-state index contributed by atoms with van der Waals surface area (Å²) in [7, 11) is 1.92. The molecule has 0 spiro atoms. The zero-order valence-corrected chi connectivity index (χ0v) is 10.8. The van der Waals surface area contributed by atoms with E-state index in [1.54, 1.807) is 0 Å². The summed E-state index contributed by atoms with van der Waals surface area (Å²) in [6.45, 7) is 3.02. The predicted octanol–water partition coefficient (Wildman–Crippen LogP) is 1.98. The number of aromatic nitrogens is 3. The first-order valence-electron chi connectivity index (χ1n) is 5.14. The van der Waals surface area contributed by atoms with Gasteiger partial charge in [-0.05, 0) is 49.6 Å². The number of nitrogens with zero attached hydrogens (tertiary/aromatic N) is 3. The van der Waals surface area contributed by atoms with Crippen molar-refractivity contribution in [3.8, 4) is 0 Å². The van der Waals surface area contributed by atoms with Gasteiger partial charge in [-0.3, -0.25) is 0 Å². The highest BCUT2D eigenvalue weighted by Gasteiger charge is 2.09. The lowest BCUT2D eigenvalue weighted by atomic mass is 10.1. The summed E-state index contributed by atoms with van der Waals surface area (Å²) in [6.07, 6.45) is 1.95. The molecule has 0 fully saturated rings. The van der Waals surface area contributed by atoms with Gasteiger partial charge in [0.25, 0.3) is 0 Å². The van der Waals surface area contributed by atoms with Crippen molar-refractivity contribution in [1.29, 1.82) is 0 Å². The van der Waals surface area contributed by atoms with Gasteiger partial charge in [-0.2, -0.15) is 15.0 Å². The summed E-state index contributed by atoms with van der Waals surface area (Å²) in [6, 6.07) is 0.294. The minimum absolute atomic E-state index is 0.103. The van der Waals surface area contributed by atoms with Gasteiger partial charge in [0.05, 0.1) is 0 Å². The third-order valence-corrected chi connectivity index (χ3v) is 2.49. The third kappa shape index (κ3) is 4.47. The van der Waals surface area contributed by atoms with E-state index in [1.165, 1.54) is 0 Å². The van der Waals surface area contributed by atoms with E-state index in [1.807, 2.05) is 7.05 Å². The standard InChI is InChI=1S/C9H15Cl2N5/c1-3-6(4-5-12-2)13-9-15-7(10)14-8(11)16-9/h6,12H,3-5H2,1-2H3,(H,13,14,15,16). The molecular formula is C9H15Cl2N5. The van der Waals surface area contributed by atoms with Gasteiger partial charge in [0.1, 0.15) is 0 Å². The molecule has 16 heavy (non-hydrogen) atoms. The molecule has 0 aliphatic heterocycles. The van der Waals surface area contributed by atoms with Crippen LogP contribution in [0.4, 0.5) is 5.95 Å². The van der Waals surface area contributed by atoms with Gasteiger partial charge in [0.15, 0.2) is 0 Å². The largest absolute Gasteiger partial charge is 0.351 e. The molecule has 1 heterocycles. The van der Waals surface area contributed by atoms with Crippen molar-refractivity contribution < 1.29 is 0 Å². The second kappa shape index (κ2) is 6.83. The van der Waals surface area contributed by atoms with Gasteiger partial charge in [-0.15, -0.1) is 0 Å². The minimum atomic E-state index is 0.103. The van der Waals surface area contributed by atoms with Crippen molar-refractivity contribution in [2.75, 3.05) is 18.9 Å². The normalized spacial score (nSPS) is 12.5. The molecule has 1 unspecified atom stereocenters. The number of halogens is 2. The Labute approximate surface area is 105 Å². The van der Waals surface area contributed by atoms with Crippen LogP contribution in [0.25, 0.3) is 0 Å². The first-order chi connectivity index (χ1) is 7.65. The highest BCUT2D eigenvalue weighted by Crippen LogP contribution is 2.12. The molecule has 1 aromatic heterocycles. The Balaban J connectivity index is 2.62. The molecule has 0 saturated carbocycles. The third-order valence-electron chi connectivity index (χ3n) is 2.15. The molecule has 0 aliphatic rings. The van der Waals surface area contributed by atoms with E-state index in [9.17, 15) is 0 Å². The zero-order chi connectivity index (χ0) is 12.0. The molecule has 0 amide bonds. The summed E-state index contributed by atoms with van der Waals surface area (Å²) in [5, 5.41) is 6.48. The van der Waals surface area contributed by atoms with Gasteiger partial charge in [0, 0.05) is 6.04 Å². The van der Waals surface area contributed by atoms with E-state index in [0.29, 0.717) is 12.0 Å². The number of hydrogen-bond donors (Lipinski definition) is 2. The molecule has 1 rings (SSSR count). The summed E-state index contributed by atoms with van der Waals surface area (Å²) in [5.74, 6) is 0.424. The Kier molecular flexibility index (Phi) is 5.73. The maximum Gasteiger partial charge on any atom is 0.228 e. The zero-order valence-electron chi connectivity index (χ0n) is 9.30. The van der Waals surface area contributed by atoms with Gasteiger partial charge in [0.2, 0.25) is 16.5 Å². The van der Waals surface area contributed by atoms with E-state index in [2.05, 4.69) is 32.5 Å². The van der Waals surface area contributed by atoms with Crippen molar-refractivity contribution in [1.82, 2.24) is 20.3 Å². The van der Waals surface area contributed by atoms with Crippen LogP contribution in [0.2, 0.25) is 10.6 Å². The van der Waals surface area contributed by atoms with Crippen LogP contribution in [0.1, 0.15) is 19.8 Å². The second-order valence-corrected chi connectivity index (χ2v) is 4.01. The van der Waals surface area contributed by atoms with Crippen LogP contribution in [0.3, 0.4) is 0 Å². The molecule has 0 saturated heterocycles. The van der Waals surface area contributed by atoms with E-state index < -0.39 is 0 Å². The Bertz CT molecular complexity index is 313. The van der Waals surface area contributed by atoms with Crippen LogP contribution in [0.5, 0.6) is 0 Å². The lowest BCUT2D eigenvalue weighted by molar-refractivity contribution is 0.600. The van der Waals surface area contributed by atoms with E-state index >= 15 is 0 Å². The Morgan fingerprint density at radius 1 is 1.19 bits per heavy atom. The predicted molar refractivity (Wildman–Crippen MR) is 66.1 cm³/mol. The van der Waals surface area contributed by atoms with Crippen LogP contribution >= 0.6 is 23.2 Å². The molecular weight excluding hydrogens is 249 g/mol. The van der Waals surface area contributed by atoms with E-state index in [-0.39, 0.29) is 10.6 Å². The van der Waals surface area contributed by atoms with Crippen LogP contribution < -0.4 is 10.6 Å². The fourth-order valence-corrected chi connectivity index (χ4v) is 1.63. The minimum Gasteiger partial charge on any atom is -0.351 e. The molecule has 0 bridgehead atoms. The molecule has 5 nitrogen and oxygen atoms in total. The topological polar surface area (TPSA) is 62.7 Å². The second-order valence-electron chi connectivity index (χ2n) is 3.34. The molecule has 90 valence electrons. The van der Waals surface area contributed by atoms with Gasteiger partial charge < -0.3 is 10.6 Å².